The van der Waals surface area contributed by atoms with Crippen LogP contribution in [0.5, 0.6) is 0 Å². The lowest BCUT2D eigenvalue weighted by molar-refractivity contribution is 0.423. The van der Waals surface area contributed by atoms with Crippen LogP contribution in [0.1, 0.15) is 40.8 Å². The summed E-state index contributed by atoms with van der Waals surface area (Å²) < 4.78 is 2.95. The van der Waals surface area contributed by atoms with Crippen LogP contribution in [-0.4, -0.2) is 20.2 Å². The lowest BCUT2D eigenvalue weighted by Crippen LogP contribution is -2.28. The van der Waals surface area contributed by atoms with E-state index in [0.29, 0.717) is 0 Å². The van der Waals surface area contributed by atoms with E-state index in [2.05, 4.69) is 93.1 Å². The molecular formula is C18H18BrN5. The van der Waals surface area contributed by atoms with Gasteiger partial charge in [-0.05, 0) is 65.1 Å². The number of rotatable bonds is 2. The second kappa shape index (κ2) is 6.02. The zero-order valence-corrected chi connectivity index (χ0v) is 15.2. The second-order valence-electron chi connectivity index (χ2n) is 6.29. The van der Waals surface area contributed by atoms with Crippen molar-refractivity contribution in [2.75, 3.05) is 5.32 Å². The molecular weight excluding hydrogens is 366 g/mol. The molecule has 1 aromatic heterocycles. The minimum Gasteiger partial charge on any atom is -0.346 e. The second-order valence-corrected chi connectivity index (χ2v) is 7.21. The van der Waals surface area contributed by atoms with Crippen LogP contribution in [-0.2, 0) is 0 Å². The SMILES string of the molecule is Cc1ccc([C@H]2C[C@H](c3ccc(Br)cc3)n3nnnc3N2)cc1C. The molecule has 6 heteroatoms. The van der Waals surface area contributed by atoms with Crippen molar-refractivity contribution >= 4 is 21.9 Å². The van der Waals surface area contributed by atoms with Gasteiger partial charge in [0.05, 0.1) is 12.1 Å². The van der Waals surface area contributed by atoms with Crippen molar-refractivity contribution in [3.8, 4) is 0 Å². The Kier molecular flexibility index (Phi) is 3.84. The van der Waals surface area contributed by atoms with Gasteiger partial charge >= 0.3 is 0 Å². The molecule has 0 amide bonds. The van der Waals surface area contributed by atoms with Gasteiger partial charge in [-0.25, -0.2) is 4.68 Å². The number of hydrogen-bond donors (Lipinski definition) is 1. The first-order valence-electron chi connectivity index (χ1n) is 7.99. The predicted molar refractivity (Wildman–Crippen MR) is 97.0 cm³/mol. The minimum atomic E-state index is 0.121. The van der Waals surface area contributed by atoms with Gasteiger partial charge in [0.15, 0.2) is 0 Å². The molecule has 1 aliphatic heterocycles. The maximum absolute atomic E-state index is 4.18. The molecule has 0 saturated heterocycles. The van der Waals surface area contributed by atoms with Gasteiger partial charge in [-0.15, -0.1) is 0 Å². The molecule has 3 aromatic rings. The molecule has 0 radical (unpaired) electrons. The molecule has 0 bridgehead atoms. The van der Waals surface area contributed by atoms with Crippen molar-refractivity contribution in [2.45, 2.75) is 32.4 Å². The van der Waals surface area contributed by atoms with E-state index in [4.69, 9.17) is 0 Å². The van der Waals surface area contributed by atoms with E-state index in [9.17, 15) is 0 Å². The number of nitrogens with one attached hydrogen (secondary N) is 1. The molecule has 24 heavy (non-hydrogen) atoms. The normalized spacial score (nSPS) is 19.6. The highest BCUT2D eigenvalue weighted by molar-refractivity contribution is 9.10. The minimum absolute atomic E-state index is 0.121. The first-order valence-corrected chi connectivity index (χ1v) is 8.78. The molecule has 122 valence electrons. The van der Waals surface area contributed by atoms with Crippen LogP contribution in [0.15, 0.2) is 46.9 Å². The summed E-state index contributed by atoms with van der Waals surface area (Å²) in [5.41, 5.74) is 5.10. The van der Waals surface area contributed by atoms with E-state index in [1.807, 2.05) is 4.68 Å². The van der Waals surface area contributed by atoms with Crippen molar-refractivity contribution in [3.05, 3.63) is 69.2 Å². The van der Waals surface area contributed by atoms with Gasteiger partial charge in [0, 0.05) is 4.47 Å². The van der Waals surface area contributed by atoms with Gasteiger partial charge in [-0.3, -0.25) is 0 Å². The third-order valence-corrected chi connectivity index (χ3v) is 5.27. The summed E-state index contributed by atoms with van der Waals surface area (Å²) in [5, 5.41) is 15.6. The Balaban J connectivity index is 1.72. The Morgan fingerprint density at radius 1 is 1.04 bits per heavy atom. The molecule has 2 aromatic carbocycles. The Morgan fingerprint density at radius 2 is 1.79 bits per heavy atom. The third-order valence-electron chi connectivity index (χ3n) is 4.74. The summed E-state index contributed by atoms with van der Waals surface area (Å²) >= 11 is 3.50. The number of aryl methyl sites for hydroxylation is 2. The van der Waals surface area contributed by atoms with Gasteiger partial charge in [0.25, 0.3) is 0 Å². The first kappa shape index (κ1) is 15.3. The summed E-state index contributed by atoms with van der Waals surface area (Å²) in [6.45, 7) is 4.29. The standard InChI is InChI=1S/C18H18BrN5/c1-11-3-4-14(9-12(11)2)16-10-17(13-5-7-15(19)8-6-13)24-18(20-16)21-22-23-24/h3-9,16-17H,10H2,1-2H3,(H,20,21,23)/t16-,17-/m1/s1. The van der Waals surface area contributed by atoms with Crippen LogP contribution < -0.4 is 5.32 Å². The molecule has 0 fully saturated rings. The van der Waals surface area contributed by atoms with Crippen LogP contribution in [0.2, 0.25) is 0 Å². The molecule has 1 aliphatic rings. The highest BCUT2D eigenvalue weighted by Crippen LogP contribution is 2.37. The maximum atomic E-state index is 4.18. The average molecular weight is 384 g/mol. The van der Waals surface area contributed by atoms with Crippen molar-refractivity contribution in [1.82, 2.24) is 20.2 Å². The lowest BCUT2D eigenvalue weighted by Gasteiger charge is -2.31. The molecule has 0 aliphatic carbocycles. The smallest absolute Gasteiger partial charge is 0.243 e. The van der Waals surface area contributed by atoms with Crippen LogP contribution >= 0.6 is 15.9 Å². The number of fused-ring (bicyclic) bond motifs is 1. The molecule has 2 atom stereocenters. The Morgan fingerprint density at radius 3 is 2.54 bits per heavy atom. The van der Waals surface area contributed by atoms with Gasteiger partial charge in [0.1, 0.15) is 0 Å². The fraction of sp³-hybridized carbons (Fsp3) is 0.278. The van der Waals surface area contributed by atoms with Crippen LogP contribution in [0.3, 0.4) is 0 Å². The summed E-state index contributed by atoms with van der Waals surface area (Å²) in [4.78, 5) is 0. The van der Waals surface area contributed by atoms with E-state index in [-0.39, 0.29) is 12.1 Å². The lowest BCUT2D eigenvalue weighted by atomic mass is 9.92. The van der Waals surface area contributed by atoms with Crippen molar-refractivity contribution in [3.63, 3.8) is 0 Å². The fourth-order valence-electron chi connectivity index (χ4n) is 3.20. The fourth-order valence-corrected chi connectivity index (χ4v) is 3.46. The van der Waals surface area contributed by atoms with Crippen LogP contribution in [0.4, 0.5) is 5.95 Å². The molecule has 0 unspecified atom stereocenters. The van der Waals surface area contributed by atoms with E-state index >= 15 is 0 Å². The molecule has 0 spiro atoms. The van der Waals surface area contributed by atoms with Gasteiger partial charge in [-0.1, -0.05) is 51.4 Å². The summed E-state index contributed by atoms with van der Waals surface area (Å²) in [6, 6.07) is 15.3. The quantitative estimate of drug-likeness (QED) is 0.720. The molecule has 0 saturated carbocycles. The van der Waals surface area contributed by atoms with E-state index in [1.165, 1.54) is 22.3 Å². The maximum Gasteiger partial charge on any atom is 0.243 e. The molecule has 5 nitrogen and oxygen atoms in total. The van der Waals surface area contributed by atoms with E-state index < -0.39 is 0 Å². The number of nitrogens with zero attached hydrogens (tertiary/aromatic N) is 4. The number of halogens is 1. The first-order chi connectivity index (χ1) is 11.6. The number of aromatic nitrogens is 4. The summed E-state index contributed by atoms with van der Waals surface area (Å²) in [7, 11) is 0. The predicted octanol–water partition coefficient (Wildman–Crippen LogP) is 4.20. The Bertz CT molecular complexity index is 871. The van der Waals surface area contributed by atoms with E-state index in [0.717, 1.165) is 16.8 Å². The molecule has 1 N–H and O–H groups in total. The zero-order chi connectivity index (χ0) is 16.7. The number of tetrazole rings is 1. The Labute approximate surface area is 149 Å². The van der Waals surface area contributed by atoms with Crippen molar-refractivity contribution in [2.24, 2.45) is 0 Å². The van der Waals surface area contributed by atoms with Crippen molar-refractivity contribution in [1.29, 1.82) is 0 Å². The van der Waals surface area contributed by atoms with Crippen molar-refractivity contribution < 1.29 is 0 Å². The highest BCUT2D eigenvalue weighted by Gasteiger charge is 2.30. The van der Waals surface area contributed by atoms with Gasteiger partial charge in [0.2, 0.25) is 5.95 Å². The van der Waals surface area contributed by atoms with Crippen LogP contribution in [0, 0.1) is 13.8 Å². The topological polar surface area (TPSA) is 55.6 Å². The summed E-state index contributed by atoms with van der Waals surface area (Å²) in [6.07, 6.45) is 0.905. The molecule has 2 heterocycles. The van der Waals surface area contributed by atoms with E-state index in [1.54, 1.807) is 0 Å². The monoisotopic (exact) mass is 383 g/mol. The van der Waals surface area contributed by atoms with Crippen LogP contribution in [0.25, 0.3) is 0 Å². The third kappa shape index (κ3) is 2.71. The molecule has 4 rings (SSSR count). The zero-order valence-electron chi connectivity index (χ0n) is 13.6. The number of anilines is 1. The average Bonchev–Trinajstić information content (AvgIpc) is 3.06. The number of hydrogen-bond acceptors (Lipinski definition) is 4. The summed E-state index contributed by atoms with van der Waals surface area (Å²) in [5.74, 6) is 0.720. The van der Waals surface area contributed by atoms with Gasteiger partial charge < -0.3 is 5.32 Å². The Hall–Kier alpha value is -2.21. The largest absolute Gasteiger partial charge is 0.346 e. The van der Waals surface area contributed by atoms with Gasteiger partial charge in [-0.2, -0.15) is 0 Å². The number of benzene rings is 2. The highest BCUT2D eigenvalue weighted by atomic mass is 79.9.